The summed E-state index contributed by atoms with van der Waals surface area (Å²) in [4.78, 5) is 0. The van der Waals surface area contributed by atoms with Gasteiger partial charge in [0.1, 0.15) is 13.2 Å². The first-order chi connectivity index (χ1) is 12.5. The lowest BCUT2D eigenvalue weighted by molar-refractivity contribution is 0.242. The Bertz CT molecular complexity index is 712. The summed E-state index contributed by atoms with van der Waals surface area (Å²) in [6.45, 7) is 10.3. The first kappa shape index (κ1) is 17.1. The van der Waals surface area contributed by atoms with Crippen LogP contribution in [0.1, 0.15) is 27.7 Å². The highest BCUT2D eigenvalue weighted by Crippen LogP contribution is 2.38. The largest absolute Gasteiger partial charge is 0.477 e. The number of hydrogen-bond donors (Lipinski definition) is 2. The van der Waals surface area contributed by atoms with Crippen molar-refractivity contribution in [1.29, 1.82) is 0 Å². The molecule has 0 aromatic carbocycles. The summed E-state index contributed by atoms with van der Waals surface area (Å²) >= 11 is 0. The van der Waals surface area contributed by atoms with Gasteiger partial charge >= 0.3 is 0 Å². The van der Waals surface area contributed by atoms with E-state index in [9.17, 15) is 0 Å². The molecule has 4 aliphatic rings. The number of hydrogen-bond acceptors (Lipinski definition) is 4. The second kappa shape index (κ2) is 6.75. The maximum absolute atomic E-state index is 5.98. The van der Waals surface area contributed by atoms with Crippen molar-refractivity contribution in [2.24, 2.45) is 11.8 Å². The fraction of sp³-hybridized carbons (Fsp3) is 0.455. The van der Waals surface area contributed by atoms with E-state index in [4.69, 9.17) is 9.47 Å². The predicted molar refractivity (Wildman–Crippen MR) is 104 cm³/mol. The Labute approximate surface area is 156 Å². The lowest BCUT2D eigenvalue weighted by atomic mass is 9.96. The summed E-state index contributed by atoms with van der Waals surface area (Å²) in [7, 11) is 0. The van der Waals surface area contributed by atoms with Gasteiger partial charge in [0.2, 0.25) is 0 Å². The summed E-state index contributed by atoms with van der Waals surface area (Å²) < 4.78 is 12.0. The highest BCUT2D eigenvalue weighted by molar-refractivity contribution is 5.69. The zero-order chi connectivity index (χ0) is 18.3. The van der Waals surface area contributed by atoms with Gasteiger partial charge in [0.25, 0.3) is 0 Å². The first-order valence-corrected chi connectivity index (χ1v) is 9.59. The molecule has 4 heteroatoms. The summed E-state index contributed by atoms with van der Waals surface area (Å²) in [5, 5.41) is 7.09. The van der Waals surface area contributed by atoms with Crippen LogP contribution in [0.4, 0.5) is 0 Å². The third-order valence-electron chi connectivity index (χ3n) is 5.47. The van der Waals surface area contributed by atoms with E-state index in [2.05, 4.69) is 74.8 Å². The van der Waals surface area contributed by atoms with E-state index in [1.165, 1.54) is 11.1 Å². The van der Waals surface area contributed by atoms with Gasteiger partial charge in [-0.05, 0) is 35.1 Å². The van der Waals surface area contributed by atoms with Gasteiger partial charge < -0.3 is 20.1 Å². The molecule has 0 radical (unpaired) electrons. The molecule has 0 aromatic heterocycles. The van der Waals surface area contributed by atoms with E-state index < -0.39 is 0 Å². The molecule has 4 nitrogen and oxygen atoms in total. The monoisotopic (exact) mass is 352 g/mol. The molecule has 2 saturated heterocycles. The fourth-order valence-corrected chi connectivity index (χ4v) is 3.58. The average molecular weight is 352 g/mol. The lowest BCUT2D eigenvalue weighted by Gasteiger charge is -2.15. The quantitative estimate of drug-likeness (QED) is 0.813. The van der Waals surface area contributed by atoms with Crippen LogP contribution in [0.2, 0.25) is 0 Å². The number of allylic oxidation sites excluding steroid dienone is 10. The molecule has 26 heavy (non-hydrogen) atoms. The zero-order valence-electron chi connectivity index (χ0n) is 16.0. The molecule has 0 amide bonds. The minimum atomic E-state index is 0.368. The minimum Gasteiger partial charge on any atom is -0.477 e. The van der Waals surface area contributed by atoms with Crippen molar-refractivity contribution in [2.45, 2.75) is 39.8 Å². The number of rotatable bonds is 3. The lowest BCUT2D eigenvalue weighted by Crippen LogP contribution is -2.29. The molecule has 2 atom stereocenters. The molecule has 0 aromatic rings. The van der Waals surface area contributed by atoms with Crippen molar-refractivity contribution >= 4 is 0 Å². The zero-order valence-corrected chi connectivity index (χ0v) is 16.0. The average Bonchev–Trinajstić information content (AvgIpc) is 3.39. The van der Waals surface area contributed by atoms with Crippen molar-refractivity contribution in [1.82, 2.24) is 10.6 Å². The van der Waals surface area contributed by atoms with Gasteiger partial charge in [-0.3, -0.25) is 0 Å². The van der Waals surface area contributed by atoms with E-state index >= 15 is 0 Å². The molecule has 2 aliphatic carbocycles. The van der Waals surface area contributed by atoms with Crippen LogP contribution in [-0.4, -0.2) is 25.3 Å². The Morgan fingerprint density at radius 3 is 1.54 bits per heavy atom. The normalized spacial score (nSPS) is 32.7. The predicted octanol–water partition coefficient (Wildman–Crippen LogP) is 3.69. The second-order valence-electron chi connectivity index (χ2n) is 7.98. The maximum Gasteiger partial charge on any atom is 0.195 e. The van der Waals surface area contributed by atoms with Crippen LogP contribution in [0, 0.1) is 11.8 Å². The Morgan fingerprint density at radius 1 is 0.769 bits per heavy atom. The highest BCUT2D eigenvalue weighted by Gasteiger charge is 2.31. The molecule has 2 N–H and O–H groups in total. The highest BCUT2D eigenvalue weighted by atomic mass is 16.5. The van der Waals surface area contributed by atoms with Crippen molar-refractivity contribution in [3.8, 4) is 0 Å². The van der Waals surface area contributed by atoms with Crippen molar-refractivity contribution in [3.63, 3.8) is 0 Å². The van der Waals surface area contributed by atoms with Gasteiger partial charge in [-0.25, -0.2) is 0 Å². The molecule has 138 valence electrons. The SMILES string of the molecule is CC(C)[C@H]1CO/C(=C2\C=CC=C2C2=CC=C/C2=C2/N[C@@H](C(C)C)CO2)N1. The smallest absolute Gasteiger partial charge is 0.195 e. The van der Waals surface area contributed by atoms with Crippen LogP contribution in [0.5, 0.6) is 0 Å². The molecular weight excluding hydrogens is 324 g/mol. The Kier molecular flexibility index (Phi) is 4.43. The van der Waals surface area contributed by atoms with Gasteiger partial charge in [-0.15, -0.1) is 0 Å². The Balaban J connectivity index is 1.60. The summed E-state index contributed by atoms with van der Waals surface area (Å²) in [6.07, 6.45) is 12.7. The Hall–Kier alpha value is -2.36. The number of nitrogens with one attached hydrogen (secondary N) is 2. The molecule has 2 heterocycles. The van der Waals surface area contributed by atoms with E-state index in [-0.39, 0.29) is 0 Å². The van der Waals surface area contributed by atoms with E-state index in [1.54, 1.807) is 0 Å². The third kappa shape index (κ3) is 2.98. The third-order valence-corrected chi connectivity index (χ3v) is 5.47. The van der Waals surface area contributed by atoms with Crippen molar-refractivity contribution in [3.05, 3.63) is 70.5 Å². The van der Waals surface area contributed by atoms with Gasteiger partial charge in [0.15, 0.2) is 11.8 Å². The second-order valence-corrected chi connectivity index (χ2v) is 7.98. The van der Waals surface area contributed by atoms with Crippen molar-refractivity contribution < 1.29 is 9.47 Å². The molecular formula is C22H28N2O2. The molecule has 2 fully saturated rings. The van der Waals surface area contributed by atoms with Gasteiger partial charge in [-0.1, -0.05) is 52.0 Å². The molecule has 0 saturated carbocycles. The molecule has 4 rings (SSSR count). The van der Waals surface area contributed by atoms with Crippen LogP contribution >= 0.6 is 0 Å². The van der Waals surface area contributed by atoms with E-state index in [0.717, 1.165) is 36.1 Å². The molecule has 0 spiro atoms. The van der Waals surface area contributed by atoms with Gasteiger partial charge in [-0.2, -0.15) is 0 Å². The minimum absolute atomic E-state index is 0.368. The fourth-order valence-electron chi connectivity index (χ4n) is 3.58. The Morgan fingerprint density at radius 2 is 1.19 bits per heavy atom. The summed E-state index contributed by atoms with van der Waals surface area (Å²) in [6, 6.07) is 0.737. The van der Waals surface area contributed by atoms with Crippen LogP contribution in [0.15, 0.2) is 70.5 Å². The summed E-state index contributed by atoms with van der Waals surface area (Å²) in [5.74, 6) is 2.86. The molecule has 2 aliphatic heterocycles. The van der Waals surface area contributed by atoms with Crippen LogP contribution in [-0.2, 0) is 9.47 Å². The van der Waals surface area contributed by atoms with Crippen LogP contribution < -0.4 is 10.6 Å². The summed E-state index contributed by atoms with van der Waals surface area (Å²) in [5.41, 5.74) is 4.62. The molecule has 0 unspecified atom stereocenters. The van der Waals surface area contributed by atoms with Gasteiger partial charge in [0, 0.05) is 11.1 Å². The van der Waals surface area contributed by atoms with Crippen molar-refractivity contribution in [2.75, 3.05) is 13.2 Å². The first-order valence-electron chi connectivity index (χ1n) is 9.59. The maximum atomic E-state index is 5.98. The molecule has 0 bridgehead atoms. The standard InChI is InChI=1S/C22H28N2O2/c1-13(2)19-11-25-21(23-19)17-9-5-7-15(17)16-8-6-10-18(16)22-24-20(12-26-22)14(3)4/h5-10,13-14,19-20,23-24H,11-12H2,1-4H3/b21-17+,22-18+/t19-,20-/m1/s1. The van der Waals surface area contributed by atoms with E-state index in [1.807, 2.05) is 0 Å². The number of ether oxygens (including phenoxy) is 2. The topological polar surface area (TPSA) is 42.5 Å². The van der Waals surface area contributed by atoms with Crippen LogP contribution in [0.25, 0.3) is 0 Å². The van der Waals surface area contributed by atoms with Crippen LogP contribution in [0.3, 0.4) is 0 Å². The van der Waals surface area contributed by atoms with Gasteiger partial charge in [0.05, 0.1) is 12.1 Å². The van der Waals surface area contributed by atoms with E-state index in [0.29, 0.717) is 23.9 Å².